The minimum absolute atomic E-state index is 0.282. The maximum absolute atomic E-state index is 11.7. The number of carbonyl (C=O) groups excluding carboxylic acids is 1. The molecule has 0 unspecified atom stereocenters. The lowest BCUT2D eigenvalue weighted by Gasteiger charge is -2.17. The molecule has 0 aromatic heterocycles. The second kappa shape index (κ2) is 8.08. The van der Waals surface area contributed by atoms with E-state index in [0.717, 1.165) is 32.1 Å². The molecule has 0 radical (unpaired) electrons. The SMILES string of the molecule is CCCCCC[C@H](NC(=O)[C@H]1CCCO1)C(=O)O. The third kappa shape index (κ3) is 5.04. The van der Waals surface area contributed by atoms with Gasteiger partial charge in [0.1, 0.15) is 12.1 Å². The number of carbonyl (C=O) groups is 2. The van der Waals surface area contributed by atoms with Gasteiger partial charge < -0.3 is 15.2 Å². The van der Waals surface area contributed by atoms with Gasteiger partial charge in [-0.05, 0) is 19.3 Å². The average Bonchev–Trinajstić information content (AvgIpc) is 2.86. The number of nitrogens with one attached hydrogen (secondary N) is 1. The van der Waals surface area contributed by atoms with Crippen LogP contribution in [0.1, 0.15) is 51.9 Å². The molecule has 0 aromatic rings. The van der Waals surface area contributed by atoms with Crippen molar-refractivity contribution in [1.29, 1.82) is 0 Å². The first-order valence-corrected chi connectivity index (χ1v) is 6.80. The topological polar surface area (TPSA) is 75.6 Å². The normalized spacial score (nSPS) is 20.6. The number of hydrogen-bond donors (Lipinski definition) is 2. The Morgan fingerprint density at radius 1 is 1.39 bits per heavy atom. The molecular formula is C13H23NO4. The molecule has 0 bridgehead atoms. The first kappa shape index (κ1) is 15.0. The zero-order valence-corrected chi connectivity index (χ0v) is 11.0. The van der Waals surface area contributed by atoms with Crippen LogP contribution in [-0.2, 0) is 14.3 Å². The highest BCUT2D eigenvalue weighted by Gasteiger charge is 2.27. The van der Waals surface area contributed by atoms with Gasteiger partial charge in [-0.1, -0.05) is 32.6 Å². The van der Waals surface area contributed by atoms with Crippen molar-refractivity contribution in [3.8, 4) is 0 Å². The second-order valence-electron chi connectivity index (χ2n) is 4.75. The highest BCUT2D eigenvalue weighted by molar-refractivity contribution is 5.86. The molecule has 18 heavy (non-hydrogen) atoms. The van der Waals surface area contributed by atoms with Crippen LogP contribution in [-0.4, -0.2) is 35.7 Å². The number of aliphatic carboxylic acids is 1. The Labute approximate surface area is 108 Å². The Morgan fingerprint density at radius 3 is 2.72 bits per heavy atom. The van der Waals surface area contributed by atoms with Crippen LogP contribution in [0.3, 0.4) is 0 Å². The van der Waals surface area contributed by atoms with Gasteiger partial charge >= 0.3 is 5.97 Å². The van der Waals surface area contributed by atoms with E-state index in [1.807, 2.05) is 0 Å². The Balaban J connectivity index is 2.32. The number of carboxylic acid groups (broad SMARTS) is 1. The predicted octanol–water partition coefficient (Wildman–Crippen LogP) is 1.71. The largest absolute Gasteiger partial charge is 0.480 e. The first-order valence-electron chi connectivity index (χ1n) is 6.80. The number of carboxylic acids is 1. The number of amides is 1. The van der Waals surface area contributed by atoms with E-state index in [4.69, 9.17) is 9.84 Å². The Bertz CT molecular complexity index is 274. The van der Waals surface area contributed by atoms with Gasteiger partial charge in [0.15, 0.2) is 0 Å². The van der Waals surface area contributed by atoms with Crippen LogP contribution in [0.25, 0.3) is 0 Å². The fourth-order valence-electron chi connectivity index (χ4n) is 2.08. The van der Waals surface area contributed by atoms with Crippen molar-refractivity contribution in [2.75, 3.05) is 6.61 Å². The van der Waals surface area contributed by atoms with E-state index in [-0.39, 0.29) is 5.91 Å². The Morgan fingerprint density at radius 2 is 2.17 bits per heavy atom. The molecule has 0 saturated carbocycles. The zero-order valence-electron chi connectivity index (χ0n) is 11.0. The third-order valence-corrected chi connectivity index (χ3v) is 3.18. The fourth-order valence-corrected chi connectivity index (χ4v) is 2.08. The molecule has 2 N–H and O–H groups in total. The lowest BCUT2D eigenvalue weighted by molar-refractivity contribution is -0.143. The molecule has 0 aromatic carbocycles. The van der Waals surface area contributed by atoms with Crippen LogP contribution >= 0.6 is 0 Å². The molecule has 1 amide bonds. The molecule has 1 heterocycles. The smallest absolute Gasteiger partial charge is 0.326 e. The quantitative estimate of drug-likeness (QED) is 0.649. The van der Waals surface area contributed by atoms with Gasteiger partial charge in [0, 0.05) is 6.61 Å². The van der Waals surface area contributed by atoms with Crippen molar-refractivity contribution in [3.63, 3.8) is 0 Å². The predicted molar refractivity (Wildman–Crippen MR) is 67.3 cm³/mol. The molecule has 1 aliphatic heterocycles. The summed E-state index contributed by atoms with van der Waals surface area (Å²) in [6.45, 7) is 2.69. The van der Waals surface area contributed by atoms with Crippen LogP contribution in [0.4, 0.5) is 0 Å². The summed E-state index contributed by atoms with van der Waals surface area (Å²) in [5, 5.41) is 11.6. The van der Waals surface area contributed by atoms with Gasteiger partial charge in [-0.15, -0.1) is 0 Å². The van der Waals surface area contributed by atoms with Crippen molar-refractivity contribution in [3.05, 3.63) is 0 Å². The van der Waals surface area contributed by atoms with E-state index in [9.17, 15) is 9.59 Å². The standard InChI is InChI=1S/C13H23NO4/c1-2-3-4-5-7-10(13(16)17)14-12(15)11-8-6-9-18-11/h10-11H,2-9H2,1H3,(H,14,15)(H,16,17)/t10-,11+/m0/s1. The highest BCUT2D eigenvalue weighted by atomic mass is 16.5. The zero-order chi connectivity index (χ0) is 13.4. The maximum atomic E-state index is 11.7. The summed E-state index contributed by atoms with van der Waals surface area (Å²) in [5.41, 5.74) is 0. The molecular weight excluding hydrogens is 234 g/mol. The van der Waals surface area contributed by atoms with E-state index < -0.39 is 18.1 Å². The number of hydrogen-bond acceptors (Lipinski definition) is 3. The third-order valence-electron chi connectivity index (χ3n) is 3.18. The van der Waals surface area contributed by atoms with Crippen LogP contribution < -0.4 is 5.32 Å². The molecule has 1 aliphatic rings. The highest BCUT2D eigenvalue weighted by Crippen LogP contribution is 2.13. The minimum Gasteiger partial charge on any atom is -0.480 e. The van der Waals surface area contributed by atoms with Gasteiger partial charge in [0.25, 0.3) is 0 Å². The van der Waals surface area contributed by atoms with Gasteiger partial charge in [-0.3, -0.25) is 4.79 Å². The van der Waals surface area contributed by atoms with E-state index in [1.54, 1.807) is 0 Å². The van der Waals surface area contributed by atoms with Crippen LogP contribution in [0.5, 0.6) is 0 Å². The summed E-state index contributed by atoms with van der Waals surface area (Å²) in [5.74, 6) is -1.24. The number of unbranched alkanes of at least 4 members (excludes halogenated alkanes) is 3. The average molecular weight is 257 g/mol. The van der Waals surface area contributed by atoms with E-state index in [2.05, 4.69) is 12.2 Å². The minimum atomic E-state index is -0.960. The molecule has 5 nitrogen and oxygen atoms in total. The summed E-state index contributed by atoms with van der Waals surface area (Å²) < 4.78 is 5.23. The van der Waals surface area contributed by atoms with Crippen LogP contribution in [0, 0.1) is 0 Å². The van der Waals surface area contributed by atoms with Crippen molar-refractivity contribution in [2.45, 2.75) is 64.0 Å². The Kier molecular flexibility index (Phi) is 6.72. The van der Waals surface area contributed by atoms with Gasteiger partial charge in [-0.25, -0.2) is 4.79 Å². The van der Waals surface area contributed by atoms with E-state index >= 15 is 0 Å². The molecule has 0 spiro atoms. The van der Waals surface area contributed by atoms with Crippen molar-refractivity contribution >= 4 is 11.9 Å². The first-order chi connectivity index (χ1) is 8.65. The van der Waals surface area contributed by atoms with Gasteiger partial charge in [-0.2, -0.15) is 0 Å². The van der Waals surface area contributed by atoms with Crippen LogP contribution in [0.15, 0.2) is 0 Å². The van der Waals surface area contributed by atoms with Crippen molar-refractivity contribution < 1.29 is 19.4 Å². The maximum Gasteiger partial charge on any atom is 0.326 e. The lowest BCUT2D eigenvalue weighted by atomic mass is 10.1. The Hall–Kier alpha value is -1.10. The van der Waals surface area contributed by atoms with Crippen molar-refractivity contribution in [1.82, 2.24) is 5.32 Å². The van der Waals surface area contributed by atoms with E-state index in [0.29, 0.717) is 19.4 Å². The molecule has 1 rings (SSSR count). The summed E-state index contributed by atoms with van der Waals surface area (Å²) in [6, 6.07) is -0.779. The molecule has 0 aliphatic carbocycles. The monoisotopic (exact) mass is 257 g/mol. The second-order valence-corrected chi connectivity index (χ2v) is 4.75. The summed E-state index contributed by atoms with van der Waals surface area (Å²) in [4.78, 5) is 22.8. The lowest BCUT2D eigenvalue weighted by Crippen LogP contribution is -2.45. The van der Waals surface area contributed by atoms with Crippen molar-refractivity contribution in [2.24, 2.45) is 0 Å². The van der Waals surface area contributed by atoms with Gasteiger partial charge in [0.2, 0.25) is 5.91 Å². The molecule has 2 atom stereocenters. The van der Waals surface area contributed by atoms with Gasteiger partial charge in [0.05, 0.1) is 0 Å². The summed E-state index contributed by atoms with van der Waals surface area (Å²) >= 11 is 0. The van der Waals surface area contributed by atoms with Crippen LogP contribution in [0.2, 0.25) is 0 Å². The number of rotatable bonds is 8. The van der Waals surface area contributed by atoms with E-state index in [1.165, 1.54) is 0 Å². The summed E-state index contributed by atoms with van der Waals surface area (Å²) in [6.07, 6.45) is 5.65. The summed E-state index contributed by atoms with van der Waals surface area (Å²) in [7, 11) is 0. The molecule has 1 fully saturated rings. The fraction of sp³-hybridized carbons (Fsp3) is 0.846. The number of ether oxygens (including phenoxy) is 1. The molecule has 104 valence electrons. The molecule has 1 saturated heterocycles. The molecule has 5 heteroatoms.